The zero-order valence-electron chi connectivity index (χ0n) is 8.84. The Labute approximate surface area is 101 Å². The minimum Gasteiger partial charge on any atom is -0.466 e. The van der Waals surface area contributed by atoms with E-state index in [-0.39, 0.29) is 18.7 Å². The van der Waals surface area contributed by atoms with Crippen molar-refractivity contribution in [3.63, 3.8) is 0 Å². The minimum atomic E-state index is -3.05. The number of alkyl halides is 2. The number of hydrogen-bond donors (Lipinski definition) is 0. The van der Waals surface area contributed by atoms with Gasteiger partial charge in [-0.1, -0.05) is 11.6 Å². The van der Waals surface area contributed by atoms with E-state index < -0.39 is 28.9 Å². The second-order valence-corrected chi connectivity index (χ2v) is 3.49. The zero-order valence-corrected chi connectivity index (χ0v) is 9.60. The van der Waals surface area contributed by atoms with E-state index in [2.05, 4.69) is 9.72 Å². The van der Waals surface area contributed by atoms with Gasteiger partial charge in [-0.25, -0.2) is 13.8 Å². The highest BCUT2D eigenvalue weighted by Crippen LogP contribution is 2.29. The van der Waals surface area contributed by atoms with Gasteiger partial charge in [-0.05, 0) is 13.0 Å². The Hall–Kier alpha value is -1.30. The molecule has 1 aromatic heterocycles. The fourth-order valence-electron chi connectivity index (χ4n) is 1.19. The third-order valence-electron chi connectivity index (χ3n) is 1.86. The molecule has 0 aromatic carbocycles. The number of pyridine rings is 1. The molecule has 0 saturated heterocycles. The van der Waals surface area contributed by atoms with Gasteiger partial charge < -0.3 is 4.74 Å². The highest BCUT2D eigenvalue weighted by atomic mass is 35.5. The fraction of sp³-hybridized carbons (Fsp3) is 0.400. The summed E-state index contributed by atoms with van der Waals surface area (Å²) >= 11 is 5.48. The maximum atomic E-state index is 13.2. The maximum Gasteiger partial charge on any atom is 0.311 e. The molecule has 3 nitrogen and oxygen atoms in total. The van der Waals surface area contributed by atoms with E-state index in [1.54, 1.807) is 6.92 Å². The summed E-state index contributed by atoms with van der Waals surface area (Å²) in [5, 5.41) is -0.452. The standard InChI is InChI=1S/C10H9ClF3NO2/c1-2-17-7(16)4-5-3-6(11)8(9(12)13)10(14)15-5/h3,9H,2,4H2,1H3. The van der Waals surface area contributed by atoms with Gasteiger partial charge in [-0.15, -0.1) is 0 Å². The monoisotopic (exact) mass is 267 g/mol. The van der Waals surface area contributed by atoms with Crippen LogP contribution in [0.4, 0.5) is 13.2 Å². The van der Waals surface area contributed by atoms with Crippen molar-refractivity contribution in [2.75, 3.05) is 6.61 Å². The largest absolute Gasteiger partial charge is 0.466 e. The normalized spacial score (nSPS) is 10.7. The molecule has 0 radical (unpaired) electrons. The van der Waals surface area contributed by atoms with Crippen LogP contribution in [-0.2, 0) is 16.0 Å². The van der Waals surface area contributed by atoms with Crippen LogP contribution in [0, 0.1) is 5.95 Å². The maximum absolute atomic E-state index is 13.2. The van der Waals surface area contributed by atoms with Crippen molar-refractivity contribution in [1.29, 1.82) is 0 Å². The molecule has 0 spiro atoms. The number of hydrogen-bond acceptors (Lipinski definition) is 3. The summed E-state index contributed by atoms with van der Waals surface area (Å²) in [6, 6.07) is 1.03. The number of esters is 1. The number of nitrogens with zero attached hydrogens (tertiary/aromatic N) is 1. The summed E-state index contributed by atoms with van der Waals surface area (Å²) in [7, 11) is 0. The van der Waals surface area contributed by atoms with Gasteiger partial charge in [0.05, 0.1) is 29.3 Å². The lowest BCUT2D eigenvalue weighted by Gasteiger charge is -2.07. The van der Waals surface area contributed by atoms with E-state index in [4.69, 9.17) is 11.6 Å². The fourth-order valence-corrected chi connectivity index (χ4v) is 1.47. The third-order valence-corrected chi connectivity index (χ3v) is 2.18. The molecule has 0 N–H and O–H groups in total. The molecule has 0 atom stereocenters. The second kappa shape index (κ2) is 5.86. The van der Waals surface area contributed by atoms with Gasteiger partial charge in [0.25, 0.3) is 6.43 Å². The Kier molecular flexibility index (Phi) is 4.74. The van der Waals surface area contributed by atoms with Crippen LogP contribution in [0.25, 0.3) is 0 Å². The molecule has 1 aromatic rings. The molecule has 7 heteroatoms. The van der Waals surface area contributed by atoms with Crippen LogP contribution in [0.3, 0.4) is 0 Å². The summed E-state index contributed by atoms with van der Waals surface area (Å²) in [6.45, 7) is 1.78. The first-order valence-corrected chi connectivity index (χ1v) is 5.12. The lowest BCUT2D eigenvalue weighted by atomic mass is 10.2. The molecule has 1 heterocycles. The smallest absolute Gasteiger partial charge is 0.311 e. The van der Waals surface area contributed by atoms with Crippen molar-refractivity contribution in [3.8, 4) is 0 Å². The Morgan fingerprint density at radius 3 is 2.71 bits per heavy atom. The van der Waals surface area contributed by atoms with Gasteiger partial charge in [0.2, 0.25) is 5.95 Å². The Morgan fingerprint density at radius 2 is 2.24 bits per heavy atom. The number of ether oxygens (including phenoxy) is 1. The van der Waals surface area contributed by atoms with Crippen molar-refractivity contribution >= 4 is 17.6 Å². The van der Waals surface area contributed by atoms with E-state index in [1.807, 2.05) is 0 Å². The van der Waals surface area contributed by atoms with Crippen LogP contribution in [-0.4, -0.2) is 17.6 Å². The van der Waals surface area contributed by atoms with Gasteiger partial charge in [-0.3, -0.25) is 4.79 Å². The lowest BCUT2D eigenvalue weighted by Crippen LogP contribution is -2.10. The molecule has 17 heavy (non-hydrogen) atoms. The predicted molar refractivity (Wildman–Crippen MR) is 54.5 cm³/mol. The summed E-state index contributed by atoms with van der Waals surface area (Å²) in [4.78, 5) is 14.3. The van der Waals surface area contributed by atoms with Gasteiger partial charge in [0.15, 0.2) is 0 Å². The number of carbonyl (C=O) groups is 1. The minimum absolute atomic E-state index is 0.0460. The topological polar surface area (TPSA) is 39.2 Å². The van der Waals surface area contributed by atoms with Crippen LogP contribution >= 0.6 is 11.6 Å². The average Bonchev–Trinajstić information content (AvgIpc) is 2.15. The van der Waals surface area contributed by atoms with Crippen molar-refractivity contribution in [1.82, 2.24) is 4.98 Å². The van der Waals surface area contributed by atoms with Crippen molar-refractivity contribution < 1.29 is 22.7 Å². The van der Waals surface area contributed by atoms with E-state index in [0.717, 1.165) is 6.07 Å². The lowest BCUT2D eigenvalue weighted by molar-refractivity contribution is -0.142. The Morgan fingerprint density at radius 1 is 1.59 bits per heavy atom. The van der Waals surface area contributed by atoms with Crippen molar-refractivity contribution in [2.45, 2.75) is 19.8 Å². The molecule has 0 aliphatic rings. The van der Waals surface area contributed by atoms with E-state index >= 15 is 0 Å². The summed E-state index contributed by atoms with van der Waals surface area (Å²) in [6.07, 6.45) is -3.36. The Balaban J connectivity index is 2.94. The highest BCUT2D eigenvalue weighted by Gasteiger charge is 2.20. The molecular weight excluding hydrogens is 259 g/mol. The first-order chi connectivity index (χ1) is 7.95. The average molecular weight is 268 g/mol. The molecule has 0 bridgehead atoms. The number of halogens is 4. The van der Waals surface area contributed by atoms with Gasteiger partial charge in [0.1, 0.15) is 0 Å². The van der Waals surface area contributed by atoms with Crippen LogP contribution in [0.1, 0.15) is 24.6 Å². The summed E-state index contributed by atoms with van der Waals surface area (Å²) in [5.41, 5.74) is -1.00. The number of carbonyl (C=O) groups excluding carboxylic acids is 1. The second-order valence-electron chi connectivity index (χ2n) is 3.08. The molecule has 0 aliphatic carbocycles. The molecule has 0 aliphatic heterocycles. The van der Waals surface area contributed by atoms with E-state index in [1.165, 1.54) is 0 Å². The van der Waals surface area contributed by atoms with Gasteiger partial charge in [-0.2, -0.15) is 4.39 Å². The molecule has 0 amide bonds. The molecule has 1 rings (SSSR count). The SMILES string of the molecule is CCOC(=O)Cc1cc(Cl)c(C(F)F)c(F)n1. The zero-order chi connectivity index (χ0) is 13.0. The molecular formula is C10H9ClF3NO2. The molecule has 0 saturated carbocycles. The number of aromatic nitrogens is 1. The van der Waals surface area contributed by atoms with Crippen LogP contribution in [0.5, 0.6) is 0 Å². The highest BCUT2D eigenvalue weighted by molar-refractivity contribution is 6.31. The molecule has 0 fully saturated rings. The quantitative estimate of drug-likeness (QED) is 0.622. The van der Waals surface area contributed by atoms with Crippen molar-refractivity contribution in [2.24, 2.45) is 0 Å². The summed E-state index contributed by atoms with van der Waals surface area (Å²) < 4.78 is 42.5. The Bertz CT molecular complexity index is 403. The van der Waals surface area contributed by atoms with Crippen LogP contribution in [0.2, 0.25) is 5.02 Å². The van der Waals surface area contributed by atoms with Crippen LogP contribution < -0.4 is 0 Å². The van der Waals surface area contributed by atoms with Crippen LogP contribution in [0.15, 0.2) is 6.07 Å². The predicted octanol–water partition coefficient (Wildman–Crippen LogP) is 2.92. The first-order valence-electron chi connectivity index (χ1n) is 4.74. The van der Waals surface area contributed by atoms with E-state index in [0.29, 0.717) is 0 Å². The first kappa shape index (κ1) is 13.8. The number of rotatable bonds is 4. The molecule has 0 unspecified atom stereocenters. The van der Waals surface area contributed by atoms with Crippen molar-refractivity contribution in [3.05, 3.63) is 28.3 Å². The third kappa shape index (κ3) is 3.59. The van der Waals surface area contributed by atoms with Gasteiger partial charge in [0, 0.05) is 0 Å². The summed E-state index contributed by atoms with van der Waals surface area (Å²) in [5.74, 6) is -1.99. The van der Waals surface area contributed by atoms with Gasteiger partial charge >= 0.3 is 5.97 Å². The van der Waals surface area contributed by atoms with E-state index in [9.17, 15) is 18.0 Å². The molecule has 94 valence electrons.